The lowest BCUT2D eigenvalue weighted by Gasteiger charge is -2.33. The third-order valence-corrected chi connectivity index (χ3v) is 4.68. The number of anilines is 1. The van der Waals surface area contributed by atoms with Crippen molar-refractivity contribution in [3.63, 3.8) is 0 Å². The fraction of sp³-hybridized carbons (Fsp3) is 0.400. The first-order valence-electron chi connectivity index (χ1n) is 9.56. The molecular weight excluding hydrogens is 398 g/mol. The van der Waals surface area contributed by atoms with E-state index in [1.54, 1.807) is 18.7 Å². The maximum atomic E-state index is 13.8. The van der Waals surface area contributed by atoms with E-state index in [1.807, 2.05) is 0 Å². The van der Waals surface area contributed by atoms with Gasteiger partial charge in [0.1, 0.15) is 29.5 Å². The van der Waals surface area contributed by atoms with Crippen LogP contribution in [0.3, 0.4) is 0 Å². The summed E-state index contributed by atoms with van der Waals surface area (Å²) < 4.78 is 32.5. The first-order valence-corrected chi connectivity index (χ1v) is 9.56. The van der Waals surface area contributed by atoms with Gasteiger partial charge in [-0.25, -0.2) is 13.8 Å². The van der Waals surface area contributed by atoms with E-state index in [4.69, 9.17) is 4.74 Å². The van der Waals surface area contributed by atoms with Crippen molar-refractivity contribution in [3.05, 3.63) is 57.9 Å². The highest BCUT2D eigenvalue weighted by Gasteiger charge is 2.28. The summed E-state index contributed by atoms with van der Waals surface area (Å²) in [5.74, 6) is -1.90. The van der Waals surface area contributed by atoms with Gasteiger partial charge in [0.25, 0.3) is 5.91 Å². The van der Waals surface area contributed by atoms with Gasteiger partial charge in [-0.1, -0.05) is 0 Å². The molecule has 1 aliphatic heterocycles. The van der Waals surface area contributed by atoms with Gasteiger partial charge >= 0.3 is 5.69 Å². The van der Waals surface area contributed by atoms with E-state index >= 15 is 0 Å². The van der Waals surface area contributed by atoms with Crippen molar-refractivity contribution in [1.29, 1.82) is 0 Å². The summed E-state index contributed by atoms with van der Waals surface area (Å²) in [6.45, 7) is 4.42. The number of rotatable bonds is 6. The average molecular weight is 420 g/mol. The molecule has 10 heteroatoms. The van der Waals surface area contributed by atoms with Crippen molar-refractivity contribution in [1.82, 2.24) is 10.3 Å². The Bertz CT molecular complexity index is 946. The first kappa shape index (κ1) is 21.4. The zero-order chi connectivity index (χ0) is 21.8. The van der Waals surface area contributed by atoms with E-state index < -0.39 is 22.5 Å². The molecule has 1 aromatic heterocycles. The van der Waals surface area contributed by atoms with Gasteiger partial charge in [0, 0.05) is 38.0 Å². The summed E-state index contributed by atoms with van der Waals surface area (Å²) in [6.07, 6.45) is 1.72. The normalized spacial score (nSPS) is 14.6. The second kappa shape index (κ2) is 9.02. The van der Waals surface area contributed by atoms with Crippen molar-refractivity contribution in [2.24, 2.45) is 0 Å². The Morgan fingerprint density at radius 3 is 2.60 bits per heavy atom. The molecule has 2 heterocycles. The molecule has 160 valence electrons. The number of benzene rings is 1. The average Bonchev–Trinajstić information content (AvgIpc) is 2.69. The van der Waals surface area contributed by atoms with E-state index in [1.165, 1.54) is 12.1 Å². The van der Waals surface area contributed by atoms with Crippen molar-refractivity contribution >= 4 is 17.3 Å². The molecule has 0 aliphatic carbocycles. The summed E-state index contributed by atoms with van der Waals surface area (Å²) >= 11 is 0. The van der Waals surface area contributed by atoms with Crippen LogP contribution < -0.4 is 15.0 Å². The SMILES string of the molecule is CC(C)NC(=O)c1cc(N2CCC(Oc3ccc(F)cc3F)CC2)c([N+](=O)[O-])cn1. The number of hydrogen-bond acceptors (Lipinski definition) is 6. The Kier molecular flexibility index (Phi) is 6.43. The molecule has 30 heavy (non-hydrogen) atoms. The third-order valence-electron chi connectivity index (χ3n) is 4.68. The van der Waals surface area contributed by atoms with E-state index in [-0.39, 0.29) is 29.3 Å². The zero-order valence-corrected chi connectivity index (χ0v) is 16.6. The number of aromatic nitrogens is 1. The molecule has 1 aliphatic rings. The number of carbonyl (C=O) groups excluding carboxylic acids is 1. The number of carbonyl (C=O) groups is 1. The smallest absolute Gasteiger partial charge is 0.310 e. The topological polar surface area (TPSA) is 97.6 Å². The molecule has 0 unspecified atom stereocenters. The Balaban J connectivity index is 1.73. The van der Waals surface area contributed by atoms with Gasteiger partial charge < -0.3 is 15.0 Å². The van der Waals surface area contributed by atoms with Gasteiger partial charge in [-0.2, -0.15) is 0 Å². The van der Waals surface area contributed by atoms with Crippen LogP contribution in [0.4, 0.5) is 20.2 Å². The molecule has 1 amide bonds. The monoisotopic (exact) mass is 420 g/mol. The fourth-order valence-corrected chi connectivity index (χ4v) is 3.26. The largest absolute Gasteiger partial charge is 0.487 e. The molecule has 1 fully saturated rings. The minimum Gasteiger partial charge on any atom is -0.487 e. The molecular formula is C20H22F2N4O4. The summed E-state index contributed by atoms with van der Waals surface area (Å²) in [5.41, 5.74) is 0.200. The standard InChI is InChI=1S/C20H22F2N4O4/c1-12(2)24-20(27)16-10-17(18(11-23-16)26(28)29)25-7-5-14(6-8-25)30-19-4-3-13(21)9-15(19)22/h3-4,9-12,14H,5-8H2,1-2H3,(H,24,27). The Hall–Kier alpha value is -3.30. The molecule has 0 spiro atoms. The first-order chi connectivity index (χ1) is 14.2. The summed E-state index contributed by atoms with van der Waals surface area (Å²) in [6, 6.07) is 4.44. The number of hydrogen-bond donors (Lipinski definition) is 1. The van der Waals surface area contributed by atoms with E-state index in [9.17, 15) is 23.7 Å². The quantitative estimate of drug-likeness (QED) is 0.568. The Labute approximate surface area is 172 Å². The lowest BCUT2D eigenvalue weighted by molar-refractivity contribution is -0.384. The van der Waals surface area contributed by atoms with Crippen LogP contribution in [0.2, 0.25) is 0 Å². The van der Waals surface area contributed by atoms with Crippen LogP contribution in [-0.4, -0.2) is 41.0 Å². The second-order valence-electron chi connectivity index (χ2n) is 7.32. The lowest BCUT2D eigenvalue weighted by Crippen LogP contribution is -2.39. The number of nitrogens with zero attached hydrogens (tertiary/aromatic N) is 3. The maximum absolute atomic E-state index is 13.8. The van der Waals surface area contributed by atoms with Crippen LogP contribution in [0.5, 0.6) is 5.75 Å². The van der Waals surface area contributed by atoms with Crippen molar-refractivity contribution in [3.8, 4) is 5.75 Å². The van der Waals surface area contributed by atoms with Crippen LogP contribution >= 0.6 is 0 Å². The minimum absolute atomic E-state index is 0.0302. The van der Waals surface area contributed by atoms with Gasteiger partial charge in [-0.15, -0.1) is 0 Å². The van der Waals surface area contributed by atoms with Crippen LogP contribution in [0, 0.1) is 21.7 Å². The van der Waals surface area contributed by atoms with Crippen molar-refractivity contribution < 1.29 is 23.2 Å². The molecule has 8 nitrogen and oxygen atoms in total. The Morgan fingerprint density at radius 2 is 2.00 bits per heavy atom. The number of ether oxygens (including phenoxy) is 1. The number of halogens is 2. The predicted molar refractivity (Wildman–Crippen MR) is 106 cm³/mol. The maximum Gasteiger partial charge on any atom is 0.310 e. The van der Waals surface area contributed by atoms with Crippen LogP contribution in [-0.2, 0) is 0 Å². The molecule has 0 bridgehead atoms. The number of amides is 1. The number of nitrogens with one attached hydrogen (secondary N) is 1. The number of piperidine rings is 1. The zero-order valence-electron chi connectivity index (χ0n) is 16.6. The van der Waals surface area contributed by atoms with Crippen LogP contribution in [0.15, 0.2) is 30.5 Å². The molecule has 2 aromatic rings. The fourth-order valence-electron chi connectivity index (χ4n) is 3.26. The van der Waals surface area contributed by atoms with Crippen molar-refractivity contribution in [2.75, 3.05) is 18.0 Å². The minimum atomic E-state index is -0.775. The molecule has 0 atom stereocenters. The molecule has 1 saturated heterocycles. The van der Waals surface area contributed by atoms with Gasteiger partial charge in [0.05, 0.1) is 4.92 Å². The lowest BCUT2D eigenvalue weighted by atomic mass is 10.1. The number of nitro groups is 1. The second-order valence-corrected chi connectivity index (χ2v) is 7.32. The van der Waals surface area contributed by atoms with Gasteiger partial charge in [0.2, 0.25) is 0 Å². The molecule has 3 rings (SSSR count). The van der Waals surface area contributed by atoms with Crippen LogP contribution in [0.1, 0.15) is 37.2 Å². The highest BCUT2D eigenvalue weighted by Crippen LogP contribution is 2.31. The Morgan fingerprint density at radius 1 is 1.30 bits per heavy atom. The van der Waals surface area contributed by atoms with Gasteiger partial charge in [-0.05, 0) is 32.0 Å². The summed E-state index contributed by atoms with van der Waals surface area (Å²) in [5, 5.41) is 14.1. The highest BCUT2D eigenvalue weighted by atomic mass is 19.1. The van der Waals surface area contributed by atoms with Gasteiger partial charge in [0.15, 0.2) is 11.6 Å². The number of pyridine rings is 1. The highest BCUT2D eigenvalue weighted by molar-refractivity contribution is 5.94. The van der Waals surface area contributed by atoms with E-state index in [0.717, 1.165) is 18.3 Å². The molecule has 1 N–H and O–H groups in total. The van der Waals surface area contributed by atoms with Crippen LogP contribution in [0.25, 0.3) is 0 Å². The molecule has 0 radical (unpaired) electrons. The van der Waals surface area contributed by atoms with Crippen molar-refractivity contribution in [2.45, 2.75) is 38.8 Å². The van der Waals surface area contributed by atoms with Gasteiger partial charge in [-0.3, -0.25) is 14.9 Å². The summed E-state index contributed by atoms with van der Waals surface area (Å²) in [4.78, 5) is 28.8. The van der Waals surface area contributed by atoms with E-state index in [0.29, 0.717) is 31.6 Å². The predicted octanol–water partition coefficient (Wildman–Crippen LogP) is 3.45. The molecule has 0 saturated carbocycles. The molecule has 1 aromatic carbocycles. The summed E-state index contributed by atoms with van der Waals surface area (Å²) in [7, 11) is 0. The third kappa shape index (κ3) is 5.00. The van der Waals surface area contributed by atoms with E-state index in [2.05, 4.69) is 10.3 Å².